The van der Waals surface area contributed by atoms with Gasteiger partial charge in [0.15, 0.2) is 0 Å². The topological polar surface area (TPSA) is 94.9 Å². The van der Waals surface area contributed by atoms with Crippen molar-refractivity contribution in [3.63, 3.8) is 0 Å². The quantitative estimate of drug-likeness (QED) is 0.569. The average Bonchev–Trinajstić information content (AvgIpc) is 3.50. The van der Waals surface area contributed by atoms with E-state index >= 15 is 0 Å². The standard InChI is InChI=1S/C26H24FN5O2/c27-23-11-19(14-29)10-21(12-23)25-7-8-34-32(25)26(33)20-4-1-17(2-5-20)15-31-16-22-9-18(13-28)3-6-24(22)30-31/h3,6,9-12,16-17,20,25H,1-2,4-5,7-8,15H2/t17-,20-,25-/m0/s1. The van der Waals surface area contributed by atoms with Crippen molar-refractivity contribution < 1.29 is 14.0 Å². The maximum atomic E-state index is 14.0. The lowest BCUT2D eigenvalue weighted by molar-refractivity contribution is -0.183. The number of fused-ring (bicyclic) bond motifs is 1. The van der Waals surface area contributed by atoms with E-state index in [1.165, 1.54) is 17.2 Å². The zero-order valence-electron chi connectivity index (χ0n) is 18.7. The first-order valence-corrected chi connectivity index (χ1v) is 11.6. The predicted octanol–water partition coefficient (Wildman–Crippen LogP) is 4.63. The van der Waals surface area contributed by atoms with Crippen LogP contribution in [-0.2, 0) is 16.2 Å². The Balaban J connectivity index is 1.21. The molecule has 2 aliphatic rings. The molecule has 8 heteroatoms. The van der Waals surface area contributed by atoms with Crippen molar-refractivity contribution in [1.82, 2.24) is 14.8 Å². The Morgan fingerprint density at radius 2 is 1.85 bits per heavy atom. The SMILES string of the molecule is N#Cc1cc(F)cc([C@@H]2CCON2C(=O)[C@H]2CC[C@H](Cn3cc4cc(C#N)ccc4n3)CC2)c1. The lowest BCUT2D eigenvalue weighted by Crippen LogP contribution is -2.37. The summed E-state index contributed by atoms with van der Waals surface area (Å²) in [7, 11) is 0. The fourth-order valence-electron chi connectivity index (χ4n) is 5.13. The monoisotopic (exact) mass is 457 g/mol. The Bertz CT molecular complexity index is 1310. The predicted molar refractivity (Wildman–Crippen MR) is 121 cm³/mol. The van der Waals surface area contributed by atoms with Crippen molar-refractivity contribution in [2.24, 2.45) is 11.8 Å². The van der Waals surface area contributed by atoms with Crippen LogP contribution in [0.15, 0.2) is 42.6 Å². The molecule has 34 heavy (non-hydrogen) atoms. The fraction of sp³-hybridized carbons (Fsp3) is 0.385. The summed E-state index contributed by atoms with van der Waals surface area (Å²) in [6.07, 6.45) is 5.91. The van der Waals surface area contributed by atoms with Gasteiger partial charge in [-0.3, -0.25) is 14.3 Å². The Morgan fingerprint density at radius 3 is 2.62 bits per heavy atom. The highest BCUT2D eigenvalue weighted by Gasteiger charge is 2.37. The largest absolute Gasteiger partial charge is 0.272 e. The van der Waals surface area contributed by atoms with E-state index in [0.717, 1.165) is 43.1 Å². The molecule has 3 aromatic rings. The highest BCUT2D eigenvalue weighted by molar-refractivity contribution is 5.79. The van der Waals surface area contributed by atoms with Gasteiger partial charge in [0.1, 0.15) is 5.82 Å². The highest BCUT2D eigenvalue weighted by Crippen LogP contribution is 2.37. The zero-order valence-corrected chi connectivity index (χ0v) is 18.7. The minimum absolute atomic E-state index is 0.0578. The molecule has 7 nitrogen and oxygen atoms in total. The van der Waals surface area contributed by atoms with E-state index in [2.05, 4.69) is 11.2 Å². The third kappa shape index (κ3) is 4.37. The van der Waals surface area contributed by atoms with E-state index in [-0.39, 0.29) is 23.4 Å². The van der Waals surface area contributed by atoms with Gasteiger partial charge in [0.2, 0.25) is 5.91 Å². The molecule has 2 aromatic carbocycles. The summed E-state index contributed by atoms with van der Waals surface area (Å²) in [5.74, 6) is -0.247. The van der Waals surface area contributed by atoms with Gasteiger partial charge in [-0.2, -0.15) is 15.6 Å². The van der Waals surface area contributed by atoms with Crippen LogP contribution in [0, 0.1) is 40.3 Å². The summed E-state index contributed by atoms with van der Waals surface area (Å²) in [6, 6.07) is 13.4. The molecule has 1 aliphatic heterocycles. The van der Waals surface area contributed by atoms with Gasteiger partial charge in [0.25, 0.3) is 0 Å². The van der Waals surface area contributed by atoms with Gasteiger partial charge in [-0.05, 0) is 73.6 Å². The van der Waals surface area contributed by atoms with E-state index < -0.39 is 5.82 Å². The molecule has 1 saturated carbocycles. The van der Waals surface area contributed by atoms with Gasteiger partial charge < -0.3 is 0 Å². The molecule has 2 fully saturated rings. The number of benzene rings is 2. The second-order valence-electron chi connectivity index (χ2n) is 9.14. The lowest BCUT2D eigenvalue weighted by Gasteiger charge is -2.32. The number of nitriles is 2. The third-order valence-electron chi connectivity index (χ3n) is 6.88. The number of halogens is 1. The van der Waals surface area contributed by atoms with E-state index in [1.54, 1.807) is 12.1 Å². The summed E-state index contributed by atoms with van der Waals surface area (Å²) in [5.41, 5.74) is 2.33. The Morgan fingerprint density at radius 1 is 1.06 bits per heavy atom. The molecule has 0 radical (unpaired) electrons. The number of aromatic nitrogens is 2. The average molecular weight is 458 g/mol. The van der Waals surface area contributed by atoms with Gasteiger partial charge in [0.05, 0.1) is 41.4 Å². The molecule has 2 heterocycles. The van der Waals surface area contributed by atoms with Crippen molar-refractivity contribution in [1.29, 1.82) is 10.5 Å². The summed E-state index contributed by atoms with van der Waals surface area (Å²) in [6.45, 7) is 1.17. The number of carbonyl (C=O) groups excluding carboxylic acids is 1. The Labute approximate surface area is 196 Å². The van der Waals surface area contributed by atoms with Crippen LogP contribution >= 0.6 is 0 Å². The van der Waals surface area contributed by atoms with Gasteiger partial charge in [-0.1, -0.05) is 0 Å². The molecule has 0 unspecified atom stereocenters. The number of hydrogen-bond acceptors (Lipinski definition) is 5. The van der Waals surface area contributed by atoms with Crippen LogP contribution < -0.4 is 0 Å². The molecule has 1 saturated heterocycles. The maximum absolute atomic E-state index is 14.0. The van der Waals surface area contributed by atoms with E-state index in [9.17, 15) is 9.18 Å². The number of nitrogens with zero attached hydrogens (tertiary/aromatic N) is 5. The normalized spacial score (nSPS) is 22.4. The van der Waals surface area contributed by atoms with Crippen LogP contribution in [0.2, 0.25) is 0 Å². The van der Waals surface area contributed by atoms with Crippen molar-refractivity contribution in [3.05, 3.63) is 65.1 Å². The first-order valence-electron chi connectivity index (χ1n) is 11.6. The smallest absolute Gasteiger partial charge is 0.249 e. The lowest BCUT2D eigenvalue weighted by atomic mass is 9.81. The third-order valence-corrected chi connectivity index (χ3v) is 6.88. The Hall–Kier alpha value is -3.75. The van der Waals surface area contributed by atoms with Crippen molar-refractivity contribution >= 4 is 16.8 Å². The zero-order chi connectivity index (χ0) is 23.7. The van der Waals surface area contributed by atoms with Crippen LogP contribution in [0.4, 0.5) is 4.39 Å². The first kappa shape index (κ1) is 22.1. The van der Waals surface area contributed by atoms with Gasteiger partial charge in [-0.25, -0.2) is 9.45 Å². The molecule has 0 bridgehead atoms. The maximum Gasteiger partial charge on any atom is 0.249 e. The molecule has 0 spiro atoms. The van der Waals surface area contributed by atoms with Crippen LogP contribution in [0.3, 0.4) is 0 Å². The van der Waals surface area contributed by atoms with E-state index in [4.69, 9.17) is 15.4 Å². The Kier molecular flexibility index (Phi) is 6.00. The van der Waals surface area contributed by atoms with Crippen molar-refractivity contribution in [2.75, 3.05) is 6.61 Å². The van der Waals surface area contributed by atoms with Crippen molar-refractivity contribution in [3.8, 4) is 12.1 Å². The molecule has 5 rings (SSSR count). The van der Waals surface area contributed by atoms with Crippen LogP contribution in [0.25, 0.3) is 10.9 Å². The molecule has 1 aromatic heterocycles. The molecular formula is C26H24FN5O2. The molecule has 172 valence electrons. The molecular weight excluding hydrogens is 433 g/mol. The molecule has 0 N–H and O–H groups in total. The summed E-state index contributed by atoms with van der Waals surface area (Å²) < 4.78 is 15.9. The van der Waals surface area contributed by atoms with Gasteiger partial charge in [-0.15, -0.1) is 0 Å². The van der Waals surface area contributed by atoms with Crippen LogP contribution in [0.5, 0.6) is 0 Å². The van der Waals surface area contributed by atoms with Gasteiger partial charge >= 0.3 is 0 Å². The number of hydroxylamine groups is 2. The first-order chi connectivity index (χ1) is 16.5. The summed E-state index contributed by atoms with van der Waals surface area (Å²) in [5, 5.41) is 25.2. The van der Waals surface area contributed by atoms with E-state index in [1.807, 2.05) is 29.1 Å². The molecule has 1 amide bonds. The minimum atomic E-state index is -0.482. The highest BCUT2D eigenvalue weighted by atomic mass is 19.1. The summed E-state index contributed by atoms with van der Waals surface area (Å²) >= 11 is 0. The number of amides is 1. The number of rotatable bonds is 4. The number of hydrogen-bond donors (Lipinski definition) is 0. The minimum Gasteiger partial charge on any atom is -0.272 e. The van der Waals surface area contributed by atoms with Gasteiger partial charge in [0, 0.05) is 30.5 Å². The van der Waals surface area contributed by atoms with Crippen LogP contribution in [-0.4, -0.2) is 27.4 Å². The summed E-state index contributed by atoms with van der Waals surface area (Å²) in [4.78, 5) is 18.9. The van der Waals surface area contributed by atoms with Crippen LogP contribution in [0.1, 0.15) is 54.8 Å². The fourth-order valence-corrected chi connectivity index (χ4v) is 5.13. The van der Waals surface area contributed by atoms with E-state index in [0.29, 0.717) is 30.1 Å². The van der Waals surface area contributed by atoms with Crippen molar-refractivity contribution in [2.45, 2.75) is 44.7 Å². The number of carbonyl (C=O) groups is 1. The molecule has 1 aliphatic carbocycles. The molecule has 1 atom stereocenters. The second kappa shape index (κ2) is 9.24. The second-order valence-corrected chi connectivity index (χ2v) is 9.14.